The van der Waals surface area contributed by atoms with Gasteiger partial charge in [0, 0.05) is 5.56 Å². The van der Waals surface area contributed by atoms with Crippen LogP contribution in [0.4, 0.5) is 0 Å². The molecule has 0 aromatic heterocycles. The second-order valence-electron chi connectivity index (χ2n) is 4.81. The van der Waals surface area contributed by atoms with E-state index in [2.05, 4.69) is 10.9 Å². The summed E-state index contributed by atoms with van der Waals surface area (Å²) >= 11 is 0. The quantitative estimate of drug-likeness (QED) is 0.826. The molecule has 2 rings (SSSR count). The Balaban J connectivity index is 1.83. The van der Waals surface area contributed by atoms with E-state index in [-0.39, 0.29) is 6.61 Å². The highest BCUT2D eigenvalue weighted by atomic mass is 16.5. The molecule has 0 saturated carbocycles. The van der Waals surface area contributed by atoms with Gasteiger partial charge in [0.15, 0.2) is 18.1 Å². The van der Waals surface area contributed by atoms with Gasteiger partial charge in [-0.3, -0.25) is 20.4 Å². The lowest BCUT2D eigenvalue weighted by atomic mass is 10.2. The number of hydrogen-bond acceptors (Lipinski definition) is 4. The van der Waals surface area contributed by atoms with E-state index in [1.165, 1.54) is 7.11 Å². The zero-order valence-electron chi connectivity index (χ0n) is 13.0. The smallest absolute Gasteiger partial charge is 0.276 e. The summed E-state index contributed by atoms with van der Waals surface area (Å²) in [6, 6.07) is 14.0. The van der Waals surface area contributed by atoms with Crippen molar-refractivity contribution in [2.45, 2.75) is 6.92 Å². The Bertz CT molecular complexity index is 686. The van der Waals surface area contributed by atoms with Crippen LogP contribution in [0, 0.1) is 6.92 Å². The minimum absolute atomic E-state index is 0.242. The van der Waals surface area contributed by atoms with Crippen molar-refractivity contribution in [2.24, 2.45) is 0 Å². The molecule has 0 atom stereocenters. The SMILES string of the molecule is COc1cc(C)ccc1OCC(=O)NNC(=O)c1ccccc1. The number of methoxy groups -OCH3 is 1. The van der Waals surface area contributed by atoms with E-state index in [1.54, 1.807) is 36.4 Å². The number of ether oxygens (including phenoxy) is 2. The van der Waals surface area contributed by atoms with Crippen molar-refractivity contribution >= 4 is 11.8 Å². The van der Waals surface area contributed by atoms with Crippen LogP contribution in [0.15, 0.2) is 48.5 Å². The molecule has 2 aromatic carbocycles. The van der Waals surface area contributed by atoms with E-state index in [0.717, 1.165) is 5.56 Å². The van der Waals surface area contributed by atoms with Crippen LogP contribution in [0.5, 0.6) is 11.5 Å². The molecule has 2 amide bonds. The van der Waals surface area contributed by atoms with Gasteiger partial charge < -0.3 is 9.47 Å². The largest absolute Gasteiger partial charge is 0.493 e. The fourth-order valence-electron chi connectivity index (χ4n) is 1.86. The molecule has 0 heterocycles. The summed E-state index contributed by atoms with van der Waals surface area (Å²) in [4.78, 5) is 23.5. The van der Waals surface area contributed by atoms with E-state index in [4.69, 9.17) is 9.47 Å². The average molecular weight is 314 g/mol. The lowest BCUT2D eigenvalue weighted by molar-refractivity contribution is -0.123. The van der Waals surface area contributed by atoms with Gasteiger partial charge in [0.1, 0.15) is 0 Å². The average Bonchev–Trinajstić information content (AvgIpc) is 2.59. The van der Waals surface area contributed by atoms with Crippen LogP contribution in [0.3, 0.4) is 0 Å². The highest BCUT2D eigenvalue weighted by molar-refractivity contribution is 5.95. The van der Waals surface area contributed by atoms with Gasteiger partial charge in [0.2, 0.25) is 0 Å². The van der Waals surface area contributed by atoms with Gasteiger partial charge in [0.25, 0.3) is 11.8 Å². The molecule has 120 valence electrons. The zero-order chi connectivity index (χ0) is 16.7. The number of aryl methyl sites for hydroxylation is 1. The number of hydrogen-bond donors (Lipinski definition) is 2. The van der Waals surface area contributed by atoms with E-state index in [1.807, 2.05) is 19.1 Å². The van der Waals surface area contributed by atoms with Crippen LogP contribution in [-0.2, 0) is 4.79 Å². The predicted molar refractivity (Wildman–Crippen MR) is 85.3 cm³/mol. The second-order valence-corrected chi connectivity index (χ2v) is 4.81. The van der Waals surface area contributed by atoms with Crippen LogP contribution < -0.4 is 20.3 Å². The van der Waals surface area contributed by atoms with Crippen LogP contribution in [0.2, 0.25) is 0 Å². The topological polar surface area (TPSA) is 76.7 Å². The molecule has 0 saturated heterocycles. The Hall–Kier alpha value is -3.02. The summed E-state index contributed by atoms with van der Waals surface area (Å²) in [5.41, 5.74) is 6.09. The van der Waals surface area contributed by atoms with Crippen molar-refractivity contribution in [1.82, 2.24) is 10.9 Å². The zero-order valence-corrected chi connectivity index (χ0v) is 13.0. The molecular formula is C17H18N2O4. The Morgan fingerprint density at radius 1 is 1.00 bits per heavy atom. The Morgan fingerprint density at radius 2 is 1.74 bits per heavy atom. The van der Waals surface area contributed by atoms with Crippen LogP contribution in [0.1, 0.15) is 15.9 Å². The summed E-state index contributed by atoms with van der Waals surface area (Å²) in [7, 11) is 1.53. The number of nitrogens with one attached hydrogen (secondary N) is 2. The summed E-state index contributed by atoms with van der Waals surface area (Å²) < 4.78 is 10.6. The standard InChI is InChI=1S/C17H18N2O4/c1-12-8-9-14(15(10-12)22-2)23-11-16(20)18-19-17(21)13-6-4-3-5-7-13/h3-10H,11H2,1-2H3,(H,18,20)(H,19,21). The molecule has 0 aliphatic heterocycles. The highest BCUT2D eigenvalue weighted by Gasteiger charge is 2.09. The van der Waals surface area contributed by atoms with E-state index in [9.17, 15) is 9.59 Å². The lowest BCUT2D eigenvalue weighted by Crippen LogP contribution is -2.43. The minimum atomic E-state index is -0.475. The van der Waals surface area contributed by atoms with Gasteiger partial charge in [-0.25, -0.2) is 0 Å². The number of hydrazine groups is 1. The third-order valence-corrected chi connectivity index (χ3v) is 3.03. The first-order valence-corrected chi connectivity index (χ1v) is 7.02. The third kappa shape index (κ3) is 4.74. The molecule has 23 heavy (non-hydrogen) atoms. The maximum Gasteiger partial charge on any atom is 0.276 e. The van der Waals surface area contributed by atoms with Crippen molar-refractivity contribution in [3.05, 3.63) is 59.7 Å². The van der Waals surface area contributed by atoms with Gasteiger partial charge in [-0.15, -0.1) is 0 Å². The molecule has 0 bridgehead atoms. The number of amides is 2. The van der Waals surface area contributed by atoms with Crippen molar-refractivity contribution in [1.29, 1.82) is 0 Å². The predicted octanol–water partition coefficient (Wildman–Crippen LogP) is 1.84. The first kappa shape index (κ1) is 16.4. The fourth-order valence-corrected chi connectivity index (χ4v) is 1.86. The molecule has 0 aliphatic carbocycles. The highest BCUT2D eigenvalue weighted by Crippen LogP contribution is 2.27. The monoisotopic (exact) mass is 314 g/mol. The van der Waals surface area contributed by atoms with Gasteiger partial charge in [-0.2, -0.15) is 0 Å². The van der Waals surface area contributed by atoms with Gasteiger partial charge in [-0.05, 0) is 36.8 Å². The first-order chi connectivity index (χ1) is 11.1. The molecule has 0 spiro atoms. The normalized spacial score (nSPS) is 9.83. The molecule has 0 fully saturated rings. The van der Waals surface area contributed by atoms with Gasteiger partial charge in [-0.1, -0.05) is 24.3 Å². The number of benzene rings is 2. The fraction of sp³-hybridized carbons (Fsp3) is 0.176. The van der Waals surface area contributed by atoms with E-state index >= 15 is 0 Å². The van der Waals surface area contributed by atoms with Crippen LogP contribution in [0.25, 0.3) is 0 Å². The van der Waals surface area contributed by atoms with Gasteiger partial charge >= 0.3 is 0 Å². The second kappa shape index (κ2) is 7.84. The van der Waals surface area contributed by atoms with E-state index < -0.39 is 11.8 Å². The Morgan fingerprint density at radius 3 is 2.43 bits per heavy atom. The summed E-state index contributed by atoms with van der Waals surface area (Å²) in [6.07, 6.45) is 0. The molecule has 2 N–H and O–H groups in total. The first-order valence-electron chi connectivity index (χ1n) is 7.02. The Kier molecular flexibility index (Phi) is 5.57. The third-order valence-electron chi connectivity index (χ3n) is 3.03. The molecular weight excluding hydrogens is 296 g/mol. The number of carbonyl (C=O) groups excluding carboxylic acids is 2. The molecule has 6 heteroatoms. The van der Waals surface area contributed by atoms with Crippen molar-refractivity contribution < 1.29 is 19.1 Å². The van der Waals surface area contributed by atoms with Crippen LogP contribution in [-0.4, -0.2) is 25.5 Å². The number of rotatable bonds is 5. The molecule has 0 aliphatic rings. The summed E-state index contributed by atoms with van der Waals surface area (Å²) in [5.74, 6) is 0.137. The maximum absolute atomic E-state index is 11.8. The minimum Gasteiger partial charge on any atom is -0.493 e. The summed E-state index contributed by atoms with van der Waals surface area (Å²) in [5, 5.41) is 0. The molecule has 6 nitrogen and oxygen atoms in total. The summed E-state index contributed by atoms with van der Waals surface area (Å²) in [6.45, 7) is 1.69. The Labute approximate surface area is 134 Å². The maximum atomic E-state index is 11.8. The van der Waals surface area contributed by atoms with Crippen molar-refractivity contribution in [3.8, 4) is 11.5 Å². The number of carbonyl (C=O) groups is 2. The van der Waals surface area contributed by atoms with Gasteiger partial charge in [0.05, 0.1) is 7.11 Å². The van der Waals surface area contributed by atoms with Crippen LogP contribution >= 0.6 is 0 Å². The molecule has 0 unspecified atom stereocenters. The van der Waals surface area contributed by atoms with Crippen molar-refractivity contribution in [2.75, 3.05) is 13.7 Å². The van der Waals surface area contributed by atoms with Crippen molar-refractivity contribution in [3.63, 3.8) is 0 Å². The molecule has 2 aromatic rings. The molecule has 0 radical (unpaired) electrons. The van der Waals surface area contributed by atoms with E-state index in [0.29, 0.717) is 17.1 Å². The lowest BCUT2D eigenvalue weighted by Gasteiger charge is -2.11.